The normalized spacial score (nSPS) is 19.7. The monoisotopic (exact) mass is 469 g/mol. The molecule has 1 aromatic carbocycles. The van der Waals surface area contributed by atoms with E-state index in [4.69, 9.17) is 9.72 Å². The zero-order chi connectivity index (χ0) is 23.9. The number of anilines is 3. The molecule has 1 N–H and O–H groups in total. The van der Waals surface area contributed by atoms with Gasteiger partial charge in [-0.15, -0.1) is 0 Å². The number of imidazole rings is 1. The quantitative estimate of drug-likeness (QED) is 0.424. The van der Waals surface area contributed by atoms with Crippen LogP contribution in [0.4, 0.5) is 17.2 Å². The first-order chi connectivity index (χ1) is 17.1. The number of rotatable bonds is 7. The highest BCUT2D eigenvalue weighted by Crippen LogP contribution is 2.36. The van der Waals surface area contributed by atoms with Crippen LogP contribution in [0.1, 0.15) is 27.2 Å². The summed E-state index contributed by atoms with van der Waals surface area (Å²) in [6.07, 6.45) is 8.63. The van der Waals surface area contributed by atoms with Gasteiger partial charge in [0.25, 0.3) is 0 Å². The Hall–Kier alpha value is -3.65. The van der Waals surface area contributed by atoms with E-state index in [-0.39, 0.29) is 0 Å². The predicted molar refractivity (Wildman–Crippen MR) is 138 cm³/mol. The van der Waals surface area contributed by atoms with Crippen LogP contribution in [0.25, 0.3) is 16.9 Å². The number of likely N-dealkylation sites (tertiary alicyclic amines) is 1. The highest BCUT2D eigenvalue weighted by molar-refractivity contribution is 5.75. The third-order valence-corrected chi connectivity index (χ3v) is 7.16. The number of hydrogen-bond donors (Lipinski definition) is 1. The number of fused-ring (bicyclic) bond motifs is 3. The molecule has 35 heavy (non-hydrogen) atoms. The summed E-state index contributed by atoms with van der Waals surface area (Å²) in [5, 5.41) is 3.46. The second-order valence-electron chi connectivity index (χ2n) is 9.59. The van der Waals surface area contributed by atoms with Gasteiger partial charge in [0.05, 0.1) is 18.5 Å². The molecule has 8 heteroatoms. The van der Waals surface area contributed by atoms with E-state index in [2.05, 4.69) is 63.2 Å². The van der Waals surface area contributed by atoms with Gasteiger partial charge in [0, 0.05) is 72.8 Å². The molecule has 0 radical (unpaired) electrons. The lowest BCUT2D eigenvalue weighted by Crippen LogP contribution is -2.48. The molecule has 0 spiro atoms. The number of benzene rings is 1. The Bertz CT molecular complexity index is 1330. The van der Waals surface area contributed by atoms with E-state index in [1.54, 1.807) is 12.4 Å². The van der Waals surface area contributed by atoms with Gasteiger partial charge in [-0.25, -0.2) is 15.0 Å². The minimum atomic E-state index is 0.576. The molecule has 8 nitrogen and oxygen atoms in total. The largest absolute Gasteiger partial charge is 0.478 e. The van der Waals surface area contributed by atoms with Crippen molar-refractivity contribution in [2.45, 2.75) is 45.3 Å². The maximum Gasteiger partial charge on any atom is 0.213 e. The molecule has 2 atom stereocenters. The molecule has 2 aliphatic rings. The number of hydrogen-bond acceptors (Lipinski definition) is 7. The first-order valence-corrected chi connectivity index (χ1v) is 12.4. The van der Waals surface area contributed by atoms with Crippen LogP contribution in [0.5, 0.6) is 5.88 Å². The molecule has 0 saturated carbocycles. The van der Waals surface area contributed by atoms with Crippen LogP contribution in [-0.2, 0) is 0 Å². The Morgan fingerprint density at radius 3 is 2.63 bits per heavy atom. The van der Waals surface area contributed by atoms with Gasteiger partial charge >= 0.3 is 0 Å². The van der Waals surface area contributed by atoms with Crippen LogP contribution in [0.3, 0.4) is 0 Å². The Labute approximate surface area is 205 Å². The van der Waals surface area contributed by atoms with Crippen molar-refractivity contribution < 1.29 is 4.74 Å². The zero-order valence-electron chi connectivity index (χ0n) is 20.4. The van der Waals surface area contributed by atoms with Gasteiger partial charge in [-0.2, -0.15) is 0 Å². The van der Waals surface area contributed by atoms with Crippen molar-refractivity contribution in [1.29, 1.82) is 0 Å². The van der Waals surface area contributed by atoms with Crippen molar-refractivity contribution in [3.05, 3.63) is 61.2 Å². The molecule has 2 bridgehead atoms. The summed E-state index contributed by atoms with van der Waals surface area (Å²) in [5.74, 6) is 1.32. The van der Waals surface area contributed by atoms with Gasteiger partial charge in [0.15, 0.2) is 11.5 Å². The SMILES string of the molecule is CCOc1cc(-c2cnc(Nc3ccc(N4C[C@H]5C[C@H]4CN5C(C)C)cc3)c3nccn23)ccn1. The third kappa shape index (κ3) is 3.97. The summed E-state index contributed by atoms with van der Waals surface area (Å²) < 4.78 is 7.61. The van der Waals surface area contributed by atoms with E-state index in [1.807, 2.05) is 35.9 Å². The molecule has 6 rings (SSSR count). The van der Waals surface area contributed by atoms with Crippen LogP contribution in [0, 0.1) is 0 Å². The van der Waals surface area contributed by atoms with Crippen molar-refractivity contribution in [2.75, 3.05) is 29.9 Å². The predicted octanol–water partition coefficient (Wildman–Crippen LogP) is 4.60. The Kier molecular flexibility index (Phi) is 5.53. The van der Waals surface area contributed by atoms with E-state index in [0.717, 1.165) is 35.0 Å². The lowest BCUT2D eigenvalue weighted by molar-refractivity contribution is 0.191. The van der Waals surface area contributed by atoms with Crippen LogP contribution in [-0.4, -0.2) is 62.1 Å². The standard InChI is InChI=1S/C27H31N7O/c1-4-35-25-13-19(9-10-28-25)24-15-30-26(27-29-11-12-32(24)27)31-20-5-7-21(8-6-20)34-17-22-14-23(34)16-33(22)18(2)3/h5-13,15,18,22-23H,4,14,16-17H2,1-3H3,(H,30,31)/t22-,23+/m1/s1. The molecular weight excluding hydrogens is 438 g/mol. The van der Waals surface area contributed by atoms with E-state index < -0.39 is 0 Å². The van der Waals surface area contributed by atoms with E-state index >= 15 is 0 Å². The smallest absolute Gasteiger partial charge is 0.213 e. The average molecular weight is 470 g/mol. The minimum absolute atomic E-state index is 0.576. The number of pyridine rings is 1. The van der Waals surface area contributed by atoms with Crippen molar-refractivity contribution in [3.8, 4) is 17.1 Å². The molecule has 3 aromatic heterocycles. The van der Waals surface area contributed by atoms with Gasteiger partial charge in [-0.1, -0.05) is 0 Å². The van der Waals surface area contributed by atoms with Gasteiger partial charge in [-0.05, 0) is 57.5 Å². The average Bonchev–Trinajstić information content (AvgIpc) is 3.61. The topological polar surface area (TPSA) is 70.8 Å². The van der Waals surface area contributed by atoms with Crippen molar-refractivity contribution in [2.24, 2.45) is 0 Å². The van der Waals surface area contributed by atoms with E-state index in [1.165, 1.54) is 18.7 Å². The molecule has 180 valence electrons. The van der Waals surface area contributed by atoms with Gasteiger partial charge in [0.1, 0.15) is 0 Å². The Morgan fingerprint density at radius 2 is 1.89 bits per heavy atom. The van der Waals surface area contributed by atoms with Crippen LogP contribution < -0.4 is 15.0 Å². The van der Waals surface area contributed by atoms with Crippen molar-refractivity contribution >= 4 is 22.8 Å². The molecule has 0 aliphatic carbocycles. The molecular formula is C27H31N7O. The summed E-state index contributed by atoms with van der Waals surface area (Å²) in [5.41, 5.74) is 4.97. The highest BCUT2D eigenvalue weighted by atomic mass is 16.5. The molecule has 0 amide bonds. The van der Waals surface area contributed by atoms with Crippen LogP contribution in [0.2, 0.25) is 0 Å². The molecule has 2 saturated heterocycles. The highest BCUT2D eigenvalue weighted by Gasteiger charge is 2.43. The molecule has 5 heterocycles. The maximum atomic E-state index is 5.57. The Morgan fingerprint density at radius 1 is 1.03 bits per heavy atom. The number of piperazine rings is 1. The number of ether oxygens (including phenoxy) is 1. The summed E-state index contributed by atoms with van der Waals surface area (Å²) in [6, 6.07) is 14.5. The van der Waals surface area contributed by atoms with Gasteiger partial charge in [0.2, 0.25) is 5.88 Å². The summed E-state index contributed by atoms with van der Waals surface area (Å²) in [4.78, 5) is 18.8. The molecule has 2 fully saturated rings. The van der Waals surface area contributed by atoms with Crippen LogP contribution in [0.15, 0.2) is 61.2 Å². The fourth-order valence-electron chi connectivity index (χ4n) is 5.54. The first-order valence-electron chi connectivity index (χ1n) is 12.4. The second-order valence-corrected chi connectivity index (χ2v) is 9.59. The van der Waals surface area contributed by atoms with E-state index in [9.17, 15) is 0 Å². The van der Waals surface area contributed by atoms with Gasteiger partial charge < -0.3 is 15.0 Å². The third-order valence-electron chi connectivity index (χ3n) is 7.16. The van der Waals surface area contributed by atoms with E-state index in [0.29, 0.717) is 30.6 Å². The maximum absolute atomic E-state index is 5.57. The van der Waals surface area contributed by atoms with Crippen molar-refractivity contribution in [3.63, 3.8) is 0 Å². The minimum Gasteiger partial charge on any atom is -0.478 e. The first kappa shape index (κ1) is 21.9. The summed E-state index contributed by atoms with van der Waals surface area (Å²) in [6.45, 7) is 9.42. The zero-order valence-corrected chi connectivity index (χ0v) is 20.4. The molecule has 0 unspecified atom stereocenters. The van der Waals surface area contributed by atoms with Crippen LogP contribution >= 0.6 is 0 Å². The summed E-state index contributed by atoms with van der Waals surface area (Å²) >= 11 is 0. The number of nitrogens with zero attached hydrogens (tertiary/aromatic N) is 6. The Balaban J connectivity index is 1.21. The lowest BCUT2D eigenvalue weighted by atomic mass is 10.2. The number of nitrogens with one attached hydrogen (secondary N) is 1. The number of aromatic nitrogens is 4. The molecule has 2 aliphatic heterocycles. The fraction of sp³-hybridized carbons (Fsp3) is 0.370. The lowest BCUT2D eigenvalue weighted by Gasteiger charge is -2.37. The fourth-order valence-corrected chi connectivity index (χ4v) is 5.54. The second kappa shape index (κ2) is 8.85. The summed E-state index contributed by atoms with van der Waals surface area (Å²) in [7, 11) is 0. The van der Waals surface area contributed by atoms with Crippen molar-refractivity contribution in [1.82, 2.24) is 24.3 Å². The molecule has 4 aromatic rings. The van der Waals surface area contributed by atoms with Gasteiger partial charge in [-0.3, -0.25) is 9.30 Å².